The van der Waals surface area contributed by atoms with Crippen LogP contribution in [0.2, 0.25) is 5.02 Å². The molecule has 2 aromatic rings. The molecule has 2 rings (SSSR count). The number of hydrogen-bond donors (Lipinski definition) is 2. The van der Waals surface area contributed by atoms with E-state index in [9.17, 15) is 25.3 Å². The Morgan fingerprint density at radius 2 is 1.96 bits per heavy atom. The van der Waals surface area contributed by atoms with Gasteiger partial charge in [0.25, 0.3) is 5.91 Å². The number of rotatable bonds is 6. The van der Waals surface area contributed by atoms with E-state index in [0.717, 1.165) is 12.1 Å². The number of carbonyl (C=O) groups excluding carboxylic acids is 1. The van der Waals surface area contributed by atoms with Crippen LogP contribution in [0.25, 0.3) is 6.08 Å². The maximum absolute atomic E-state index is 12.5. The number of amides is 1. The van der Waals surface area contributed by atoms with Crippen molar-refractivity contribution in [2.45, 2.75) is 0 Å². The highest BCUT2D eigenvalue weighted by atomic mass is 35.5. The molecular formula is C18H14ClN3O6. The average Bonchev–Trinajstić information content (AvgIpc) is 2.66. The third kappa shape index (κ3) is 4.49. The predicted octanol–water partition coefficient (Wildman–Crippen LogP) is 3.52. The van der Waals surface area contributed by atoms with Gasteiger partial charge in [0.2, 0.25) is 5.75 Å². The lowest BCUT2D eigenvalue weighted by molar-refractivity contribution is -0.386. The van der Waals surface area contributed by atoms with Crippen LogP contribution in [0.3, 0.4) is 0 Å². The van der Waals surface area contributed by atoms with E-state index in [4.69, 9.17) is 21.1 Å². The molecule has 0 spiro atoms. The van der Waals surface area contributed by atoms with Gasteiger partial charge < -0.3 is 19.9 Å². The SMILES string of the molecule is COc1ccc(Cl)cc1NC(=O)/C(C#N)=C/c1cc(OC)c(O)c([N+](=O)[O-])c1. The molecule has 0 fully saturated rings. The van der Waals surface area contributed by atoms with Crippen molar-refractivity contribution in [3.8, 4) is 23.3 Å². The Balaban J connectivity index is 2.43. The first-order valence-corrected chi connectivity index (χ1v) is 8.00. The van der Waals surface area contributed by atoms with Gasteiger partial charge in [-0.15, -0.1) is 0 Å². The summed E-state index contributed by atoms with van der Waals surface area (Å²) in [5, 5.41) is 33.0. The van der Waals surface area contributed by atoms with E-state index in [1.807, 2.05) is 0 Å². The fraction of sp³-hybridized carbons (Fsp3) is 0.111. The number of carbonyl (C=O) groups is 1. The largest absolute Gasteiger partial charge is 0.500 e. The summed E-state index contributed by atoms with van der Waals surface area (Å²) < 4.78 is 10.0. The number of nitrogens with one attached hydrogen (secondary N) is 1. The van der Waals surface area contributed by atoms with E-state index < -0.39 is 22.3 Å². The highest BCUT2D eigenvalue weighted by Crippen LogP contribution is 2.37. The molecule has 28 heavy (non-hydrogen) atoms. The van der Waals surface area contributed by atoms with E-state index >= 15 is 0 Å². The summed E-state index contributed by atoms with van der Waals surface area (Å²) in [4.78, 5) is 22.7. The quantitative estimate of drug-likeness (QED) is 0.326. The topological polar surface area (TPSA) is 135 Å². The van der Waals surface area contributed by atoms with Crippen LogP contribution < -0.4 is 14.8 Å². The number of nitrogens with zero attached hydrogens (tertiary/aromatic N) is 2. The number of phenols is 1. The van der Waals surface area contributed by atoms with Crippen molar-refractivity contribution >= 4 is 35.0 Å². The maximum Gasteiger partial charge on any atom is 0.315 e. The summed E-state index contributed by atoms with van der Waals surface area (Å²) in [6.45, 7) is 0. The first kappa shape index (κ1) is 20.5. The van der Waals surface area contributed by atoms with Crippen LogP contribution in [-0.2, 0) is 4.79 Å². The van der Waals surface area contributed by atoms with Crippen LogP contribution in [0, 0.1) is 21.4 Å². The van der Waals surface area contributed by atoms with Gasteiger partial charge in [-0.1, -0.05) is 11.6 Å². The van der Waals surface area contributed by atoms with Gasteiger partial charge in [0.15, 0.2) is 5.75 Å². The molecule has 0 heterocycles. The fourth-order valence-corrected chi connectivity index (χ4v) is 2.45. The summed E-state index contributed by atoms with van der Waals surface area (Å²) in [6, 6.07) is 8.56. The van der Waals surface area contributed by atoms with Crippen LogP contribution in [0.5, 0.6) is 17.2 Å². The van der Waals surface area contributed by atoms with Crippen molar-refractivity contribution in [3.05, 3.63) is 56.6 Å². The molecule has 0 bridgehead atoms. The van der Waals surface area contributed by atoms with Crippen LogP contribution in [0.1, 0.15) is 5.56 Å². The number of halogens is 1. The third-order valence-electron chi connectivity index (χ3n) is 3.58. The minimum Gasteiger partial charge on any atom is -0.500 e. The number of methoxy groups -OCH3 is 2. The minimum absolute atomic E-state index is 0.117. The minimum atomic E-state index is -0.807. The van der Waals surface area contributed by atoms with Gasteiger partial charge in [-0.3, -0.25) is 14.9 Å². The number of benzene rings is 2. The number of nitro benzene ring substituents is 1. The lowest BCUT2D eigenvalue weighted by atomic mass is 10.1. The first-order chi connectivity index (χ1) is 13.3. The molecule has 1 amide bonds. The molecule has 0 aromatic heterocycles. The van der Waals surface area contributed by atoms with Gasteiger partial charge in [-0.2, -0.15) is 5.26 Å². The molecule has 10 heteroatoms. The second-order valence-corrected chi connectivity index (χ2v) is 5.75. The smallest absolute Gasteiger partial charge is 0.315 e. The number of phenolic OH excluding ortho intramolecular Hbond substituents is 1. The second kappa shape index (κ2) is 8.75. The van der Waals surface area contributed by atoms with Crippen molar-refractivity contribution in [3.63, 3.8) is 0 Å². The van der Waals surface area contributed by atoms with Gasteiger partial charge in [0, 0.05) is 11.1 Å². The molecule has 0 radical (unpaired) electrons. The number of nitro groups is 1. The van der Waals surface area contributed by atoms with E-state index in [-0.39, 0.29) is 22.6 Å². The molecule has 2 N–H and O–H groups in total. The Morgan fingerprint density at radius 3 is 2.54 bits per heavy atom. The van der Waals surface area contributed by atoms with Crippen molar-refractivity contribution in [2.24, 2.45) is 0 Å². The van der Waals surface area contributed by atoms with Crippen LogP contribution >= 0.6 is 11.6 Å². The number of ether oxygens (including phenoxy) is 2. The Morgan fingerprint density at radius 1 is 1.29 bits per heavy atom. The third-order valence-corrected chi connectivity index (χ3v) is 3.81. The van der Waals surface area contributed by atoms with Gasteiger partial charge in [-0.05, 0) is 35.9 Å². The molecular weight excluding hydrogens is 390 g/mol. The zero-order valence-electron chi connectivity index (χ0n) is 14.7. The zero-order chi connectivity index (χ0) is 20.8. The van der Waals surface area contributed by atoms with Crippen molar-refractivity contribution in [1.29, 1.82) is 5.26 Å². The molecule has 2 aromatic carbocycles. The molecule has 0 saturated heterocycles. The molecule has 0 aliphatic carbocycles. The van der Waals surface area contributed by atoms with Crippen LogP contribution in [0.4, 0.5) is 11.4 Å². The predicted molar refractivity (Wildman–Crippen MR) is 102 cm³/mol. The standard InChI is InChI=1S/C18H14ClN3O6/c1-27-15-4-3-12(19)8-13(15)21-18(24)11(9-20)5-10-6-14(22(25)26)17(23)16(7-10)28-2/h3-8,23H,1-2H3,(H,21,24)/b11-5+. The number of nitriles is 1. The molecule has 0 aliphatic rings. The highest BCUT2D eigenvalue weighted by molar-refractivity contribution is 6.31. The zero-order valence-corrected chi connectivity index (χ0v) is 15.5. The summed E-state index contributed by atoms with van der Waals surface area (Å²) in [5.41, 5.74) is -0.606. The molecule has 0 atom stereocenters. The van der Waals surface area contributed by atoms with Crippen LogP contribution in [-0.4, -0.2) is 30.2 Å². The average molecular weight is 404 g/mol. The van der Waals surface area contributed by atoms with Gasteiger partial charge in [0.1, 0.15) is 17.4 Å². The van der Waals surface area contributed by atoms with E-state index in [2.05, 4.69) is 5.32 Å². The molecule has 144 valence electrons. The monoisotopic (exact) mass is 403 g/mol. The Hall–Kier alpha value is -3.77. The molecule has 0 aliphatic heterocycles. The van der Waals surface area contributed by atoms with Crippen LogP contribution in [0.15, 0.2) is 35.9 Å². The second-order valence-electron chi connectivity index (χ2n) is 5.32. The van der Waals surface area contributed by atoms with E-state index in [0.29, 0.717) is 10.8 Å². The van der Waals surface area contributed by atoms with E-state index in [1.54, 1.807) is 18.2 Å². The first-order valence-electron chi connectivity index (χ1n) is 7.62. The normalized spacial score (nSPS) is 10.7. The Kier molecular flexibility index (Phi) is 6.42. The molecule has 0 saturated carbocycles. The summed E-state index contributed by atoms with van der Waals surface area (Å²) in [6.07, 6.45) is 1.13. The molecule has 0 unspecified atom stereocenters. The lowest BCUT2D eigenvalue weighted by Gasteiger charge is -2.10. The fourth-order valence-electron chi connectivity index (χ4n) is 2.27. The number of anilines is 1. The summed E-state index contributed by atoms with van der Waals surface area (Å²) >= 11 is 5.91. The lowest BCUT2D eigenvalue weighted by Crippen LogP contribution is -2.14. The van der Waals surface area contributed by atoms with Gasteiger partial charge >= 0.3 is 5.69 Å². The maximum atomic E-state index is 12.5. The van der Waals surface area contributed by atoms with Crippen molar-refractivity contribution in [2.75, 3.05) is 19.5 Å². The van der Waals surface area contributed by atoms with Crippen molar-refractivity contribution < 1.29 is 24.3 Å². The highest BCUT2D eigenvalue weighted by Gasteiger charge is 2.20. The number of hydrogen-bond acceptors (Lipinski definition) is 7. The Labute approximate surface area is 164 Å². The van der Waals surface area contributed by atoms with E-state index in [1.165, 1.54) is 26.4 Å². The summed E-state index contributed by atoms with van der Waals surface area (Å²) in [5.74, 6) is -1.28. The molecule has 9 nitrogen and oxygen atoms in total. The van der Waals surface area contributed by atoms with Crippen molar-refractivity contribution in [1.82, 2.24) is 0 Å². The summed E-state index contributed by atoms with van der Waals surface area (Å²) in [7, 11) is 2.62. The Bertz CT molecular complexity index is 1010. The van der Waals surface area contributed by atoms with Gasteiger partial charge in [0.05, 0.1) is 24.8 Å². The number of aromatic hydroxyl groups is 1. The van der Waals surface area contributed by atoms with Gasteiger partial charge in [-0.25, -0.2) is 0 Å².